The van der Waals surface area contributed by atoms with Crippen LogP contribution >= 0.6 is 0 Å². The molecule has 1 unspecified atom stereocenters. The fourth-order valence-electron chi connectivity index (χ4n) is 4.24. The summed E-state index contributed by atoms with van der Waals surface area (Å²) in [7, 11) is 1.67. The van der Waals surface area contributed by atoms with Gasteiger partial charge < -0.3 is 19.5 Å². The van der Waals surface area contributed by atoms with Crippen LogP contribution in [0.3, 0.4) is 0 Å². The number of methoxy groups -OCH3 is 1. The highest BCUT2D eigenvalue weighted by Crippen LogP contribution is 2.23. The van der Waals surface area contributed by atoms with Crippen molar-refractivity contribution in [1.82, 2.24) is 9.88 Å². The second-order valence-electron chi connectivity index (χ2n) is 8.17. The summed E-state index contributed by atoms with van der Waals surface area (Å²) >= 11 is 0. The summed E-state index contributed by atoms with van der Waals surface area (Å²) in [4.78, 5) is 26.3. The first kappa shape index (κ1) is 23.3. The maximum absolute atomic E-state index is 12.6. The molecule has 1 aromatic heterocycles. The fraction of sp³-hybridized carbons (Fsp3) is 0.400. The highest BCUT2D eigenvalue weighted by Gasteiger charge is 2.21. The first-order valence-electron chi connectivity index (χ1n) is 10.8. The highest BCUT2D eigenvalue weighted by molar-refractivity contribution is 6.01. The third kappa shape index (κ3) is 5.09. The van der Waals surface area contributed by atoms with Gasteiger partial charge in [0.1, 0.15) is 11.6 Å². The number of carbonyl (C=O) groups is 2. The highest BCUT2D eigenvalue weighted by atomic mass is 16.5. The standard InChI is InChI=1S/C25H30N4O3/c1-17-12-21(19(3)29(17)18(2)16-32-4)13-22(14-26)25(31)27-15-20-7-9-23(10-8-20)28-11-5-6-24(28)30/h7-10,12-13,18H,5-6,11,15-16H2,1-4H3,(H,27,31)/b22-13+. The van der Waals surface area contributed by atoms with Crippen molar-refractivity contribution < 1.29 is 14.3 Å². The topological polar surface area (TPSA) is 87.4 Å². The molecular weight excluding hydrogens is 404 g/mol. The van der Waals surface area contributed by atoms with Crippen molar-refractivity contribution in [2.24, 2.45) is 0 Å². The Labute approximate surface area is 189 Å². The second-order valence-corrected chi connectivity index (χ2v) is 8.17. The first-order valence-corrected chi connectivity index (χ1v) is 10.8. The normalized spacial score (nSPS) is 15.0. The Balaban J connectivity index is 1.68. The number of hydrogen-bond acceptors (Lipinski definition) is 4. The number of benzene rings is 1. The van der Waals surface area contributed by atoms with Crippen molar-refractivity contribution in [1.29, 1.82) is 5.26 Å². The van der Waals surface area contributed by atoms with Gasteiger partial charge in [-0.3, -0.25) is 9.59 Å². The van der Waals surface area contributed by atoms with E-state index >= 15 is 0 Å². The zero-order valence-corrected chi connectivity index (χ0v) is 19.1. The lowest BCUT2D eigenvalue weighted by atomic mass is 10.1. The quantitative estimate of drug-likeness (QED) is 0.507. The van der Waals surface area contributed by atoms with E-state index in [2.05, 4.69) is 16.8 Å². The molecule has 1 fully saturated rings. The predicted octanol–water partition coefficient (Wildman–Crippen LogP) is 3.66. The van der Waals surface area contributed by atoms with Crippen molar-refractivity contribution in [3.63, 3.8) is 0 Å². The Morgan fingerprint density at radius 1 is 1.31 bits per heavy atom. The van der Waals surface area contributed by atoms with Gasteiger partial charge in [0.05, 0.1) is 12.6 Å². The van der Waals surface area contributed by atoms with E-state index in [0.29, 0.717) is 19.6 Å². The van der Waals surface area contributed by atoms with Crippen LogP contribution in [0.5, 0.6) is 0 Å². The number of carbonyl (C=O) groups excluding carboxylic acids is 2. The Hall–Kier alpha value is -3.37. The van der Waals surface area contributed by atoms with E-state index in [0.717, 1.165) is 41.2 Å². The van der Waals surface area contributed by atoms with Crippen LogP contribution < -0.4 is 10.2 Å². The molecule has 1 saturated heterocycles. The van der Waals surface area contributed by atoms with Crippen molar-refractivity contribution in [3.8, 4) is 6.07 Å². The van der Waals surface area contributed by atoms with Gasteiger partial charge in [0.25, 0.3) is 5.91 Å². The van der Waals surface area contributed by atoms with E-state index < -0.39 is 5.91 Å². The van der Waals surface area contributed by atoms with E-state index in [9.17, 15) is 14.9 Å². The average molecular weight is 435 g/mol. The minimum Gasteiger partial charge on any atom is -0.383 e. The monoisotopic (exact) mass is 434 g/mol. The molecule has 1 aliphatic heterocycles. The summed E-state index contributed by atoms with van der Waals surface area (Å²) in [5.41, 5.74) is 4.71. The lowest BCUT2D eigenvalue weighted by molar-refractivity contribution is -0.117. The molecule has 1 N–H and O–H groups in total. The lowest BCUT2D eigenvalue weighted by Crippen LogP contribution is -2.25. The zero-order chi connectivity index (χ0) is 23.3. The van der Waals surface area contributed by atoms with E-state index in [1.54, 1.807) is 18.1 Å². The molecule has 2 heterocycles. The smallest absolute Gasteiger partial charge is 0.262 e. The summed E-state index contributed by atoms with van der Waals surface area (Å²) in [5, 5.41) is 12.4. The summed E-state index contributed by atoms with van der Waals surface area (Å²) < 4.78 is 7.41. The maximum Gasteiger partial charge on any atom is 0.262 e. The molecule has 0 spiro atoms. The van der Waals surface area contributed by atoms with Crippen LogP contribution in [0.4, 0.5) is 5.69 Å². The number of anilines is 1. The SMILES string of the molecule is COCC(C)n1c(C)cc(/C=C(\C#N)C(=O)NCc2ccc(N3CCCC3=O)cc2)c1C. The minimum absolute atomic E-state index is 0.0592. The molecule has 1 aromatic carbocycles. The largest absolute Gasteiger partial charge is 0.383 e. The summed E-state index contributed by atoms with van der Waals surface area (Å²) in [5.74, 6) is -0.271. The maximum atomic E-state index is 12.6. The zero-order valence-electron chi connectivity index (χ0n) is 19.1. The number of amides is 2. The molecule has 3 rings (SSSR count). The van der Waals surface area contributed by atoms with Crippen molar-refractivity contribution in [3.05, 3.63) is 58.4 Å². The van der Waals surface area contributed by atoms with Crippen LogP contribution in [0, 0.1) is 25.2 Å². The van der Waals surface area contributed by atoms with Crippen LogP contribution in [-0.2, 0) is 20.9 Å². The van der Waals surface area contributed by atoms with Crippen LogP contribution in [0.2, 0.25) is 0 Å². The van der Waals surface area contributed by atoms with Gasteiger partial charge in [-0.1, -0.05) is 12.1 Å². The Morgan fingerprint density at radius 2 is 2.03 bits per heavy atom. The number of rotatable bonds is 8. The van der Waals surface area contributed by atoms with Crippen LogP contribution in [0.25, 0.3) is 6.08 Å². The number of aromatic nitrogens is 1. The summed E-state index contributed by atoms with van der Waals surface area (Å²) in [6.07, 6.45) is 3.11. The summed E-state index contributed by atoms with van der Waals surface area (Å²) in [6.45, 7) is 7.67. The molecule has 1 atom stereocenters. The molecule has 2 aromatic rings. The van der Waals surface area contributed by atoms with Gasteiger partial charge in [-0.15, -0.1) is 0 Å². The lowest BCUT2D eigenvalue weighted by Gasteiger charge is -2.17. The molecule has 1 aliphatic rings. The average Bonchev–Trinajstić information content (AvgIpc) is 3.32. The molecule has 0 radical (unpaired) electrons. The van der Waals surface area contributed by atoms with Gasteiger partial charge in [-0.05, 0) is 62.6 Å². The second kappa shape index (κ2) is 10.3. The van der Waals surface area contributed by atoms with Crippen LogP contribution in [0.15, 0.2) is 35.9 Å². The van der Waals surface area contributed by atoms with Gasteiger partial charge in [0.2, 0.25) is 5.91 Å². The fourth-order valence-corrected chi connectivity index (χ4v) is 4.24. The number of aryl methyl sites for hydroxylation is 1. The number of nitrogens with one attached hydrogen (secondary N) is 1. The third-order valence-corrected chi connectivity index (χ3v) is 5.81. The Bertz CT molecular complexity index is 1060. The van der Waals surface area contributed by atoms with Crippen molar-refractivity contribution >= 4 is 23.6 Å². The van der Waals surface area contributed by atoms with E-state index in [1.165, 1.54) is 0 Å². The van der Waals surface area contributed by atoms with Crippen LogP contribution in [0.1, 0.15) is 48.3 Å². The molecule has 2 amide bonds. The molecule has 0 aliphatic carbocycles. The molecule has 32 heavy (non-hydrogen) atoms. The van der Waals surface area contributed by atoms with Crippen LogP contribution in [-0.4, -0.2) is 36.6 Å². The number of nitrogens with zero attached hydrogens (tertiary/aromatic N) is 3. The molecule has 168 valence electrons. The molecule has 7 nitrogen and oxygen atoms in total. The number of ether oxygens (including phenoxy) is 1. The van der Waals surface area contributed by atoms with E-state index in [4.69, 9.17) is 4.74 Å². The molecular formula is C25H30N4O3. The van der Waals surface area contributed by atoms with Crippen molar-refractivity contribution in [2.45, 2.75) is 46.2 Å². The third-order valence-electron chi connectivity index (χ3n) is 5.81. The Kier molecular flexibility index (Phi) is 7.49. The predicted molar refractivity (Wildman–Crippen MR) is 124 cm³/mol. The minimum atomic E-state index is -0.416. The van der Waals surface area contributed by atoms with E-state index in [1.807, 2.05) is 50.2 Å². The van der Waals surface area contributed by atoms with Gasteiger partial charge >= 0.3 is 0 Å². The van der Waals surface area contributed by atoms with E-state index in [-0.39, 0.29) is 17.5 Å². The number of hydrogen-bond donors (Lipinski definition) is 1. The summed E-state index contributed by atoms with van der Waals surface area (Å²) in [6, 6.07) is 11.7. The van der Waals surface area contributed by atoms with Gasteiger partial charge in [0.15, 0.2) is 0 Å². The molecule has 0 saturated carbocycles. The Morgan fingerprint density at radius 3 is 2.62 bits per heavy atom. The first-order chi connectivity index (χ1) is 15.3. The van der Waals surface area contributed by atoms with Crippen molar-refractivity contribution in [2.75, 3.05) is 25.2 Å². The number of nitriles is 1. The van der Waals surface area contributed by atoms with Gasteiger partial charge in [0, 0.05) is 43.7 Å². The van der Waals surface area contributed by atoms with Gasteiger partial charge in [-0.2, -0.15) is 5.26 Å². The molecule has 7 heteroatoms. The van der Waals surface area contributed by atoms with Gasteiger partial charge in [-0.25, -0.2) is 0 Å². The molecule has 0 bridgehead atoms.